The van der Waals surface area contributed by atoms with E-state index in [9.17, 15) is 9.59 Å². The minimum Gasteiger partial charge on any atom is -0.482 e. The maximum absolute atomic E-state index is 11.9. The molecule has 106 valence electrons. The van der Waals surface area contributed by atoms with Crippen molar-refractivity contribution < 1.29 is 19.4 Å². The number of carbonyl (C=O) groups excluding carboxylic acids is 1. The zero-order chi connectivity index (χ0) is 14.7. The summed E-state index contributed by atoms with van der Waals surface area (Å²) in [5.41, 5.74) is 1.70. The van der Waals surface area contributed by atoms with Crippen LogP contribution in [0.15, 0.2) is 29.8 Å². The Morgan fingerprint density at radius 2 is 2.20 bits per heavy atom. The van der Waals surface area contributed by atoms with Gasteiger partial charge >= 0.3 is 5.97 Å². The van der Waals surface area contributed by atoms with Crippen LogP contribution in [0, 0.1) is 0 Å². The number of anilines is 1. The van der Waals surface area contributed by atoms with Gasteiger partial charge in [-0.25, -0.2) is 4.79 Å². The molecule has 6 heteroatoms. The van der Waals surface area contributed by atoms with Crippen LogP contribution in [-0.2, 0) is 16.0 Å². The van der Waals surface area contributed by atoms with Gasteiger partial charge in [-0.2, -0.15) is 0 Å². The molecule has 1 heterocycles. The van der Waals surface area contributed by atoms with Gasteiger partial charge < -0.3 is 14.7 Å². The monoisotopic (exact) mass is 295 g/mol. The first-order chi connectivity index (χ1) is 9.47. The van der Waals surface area contributed by atoms with Crippen LogP contribution >= 0.6 is 11.6 Å². The summed E-state index contributed by atoms with van der Waals surface area (Å²) in [5, 5.41) is 8.97. The van der Waals surface area contributed by atoms with Crippen LogP contribution in [-0.4, -0.2) is 30.1 Å². The molecule has 1 amide bonds. The molecule has 1 aromatic rings. The van der Waals surface area contributed by atoms with Gasteiger partial charge in [0.2, 0.25) is 5.91 Å². The van der Waals surface area contributed by atoms with Gasteiger partial charge in [0.05, 0.1) is 6.54 Å². The highest BCUT2D eigenvalue weighted by Crippen LogP contribution is 2.31. The molecule has 5 nitrogen and oxygen atoms in total. The van der Waals surface area contributed by atoms with E-state index in [1.165, 1.54) is 0 Å². The third-order valence-corrected chi connectivity index (χ3v) is 3.06. The number of hydrogen-bond acceptors (Lipinski definition) is 3. The minimum atomic E-state index is -1.03. The second kappa shape index (κ2) is 5.96. The molecule has 2 rings (SSSR count). The molecule has 0 radical (unpaired) electrons. The Balaban J connectivity index is 2.23. The highest BCUT2D eigenvalue weighted by atomic mass is 35.5. The van der Waals surface area contributed by atoms with E-state index in [0.29, 0.717) is 23.6 Å². The van der Waals surface area contributed by atoms with Crippen molar-refractivity contribution in [3.63, 3.8) is 0 Å². The number of halogens is 1. The first-order valence-electron chi connectivity index (χ1n) is 6.08. The Morgan fingerprint density at radius 3 is 2.85 bits per heavy atom. The summed E-state index contributed by atoms with van der Waals surface area (Å²) in [7, 11) is 0. The Hall–Kier alpha value is -2.01. The van der Waals surface area contributed by atoms with Gasteiger partial charge in [0.15, 0.2) is 6.61 Å². The maximum Gasteiger partial charge on any atom is 0.341 e. The molecule has 0 unspecified atom stereocenters. The number of carboxylic acid groups (broad SMARTS) is 1. The van der Waals surface area contributed by atoms with Crippen LogP contribution in [0.3, 0.4) is 0 Å². The predicted molar refractivity (Wildman–Crippen MR) is 75.2 cm³/mol. The quantitative estimate of drug-likeness (QED) is 0.904. The Morgan fingerprint density at radius 1 is 1.45 bits per heavy atom. The van der Waals surface area contributed by atoms with E-state index in [1.54, 1.807) is 23.1 Å². The molecule has 0 atom stereocenters. The predicted octanol–water partition coefficient (Wildman–Crippen LogP) is 2.18. The molecule has 0 aromatic heterocycles. The smallest absolute Gasteiger partial charge is 0.341 e. The van der Waals surface area contributed by atoms with Crippen LogP contribution in [0.5, 0.6) is 5.75 Å². The van der Waals surface area contributed by atoms with Gasteiger partial charge in [-0.15, -0.1) is 0 Å². The maximum atomic E-state index is 11.9. The van der Waals surface area contributed by atoms with Gasteiger partial charge in [0.25, 0.3) is 0 Å². The van der Waals surface area contributed by atoms with E-state index in [-0.39, 0.29) is 19.1 Å². The highest BCUT2D eigenvalue weighted by molar-refractivity contribution is 6.30. The molecule has 20 heavy (non-hydrogen) atoms. The molecule has 0 saturated heterocycles. The fourth-order valence-electron chi connectivity index (χ4n) is 2.12. The Kier molecular flexibility index (Phi) is 4.29. The first kappa shape index (κ1) is 14.4. The molecule has 0 spiro atoms. The van der Waals surface area contributed by atoms with Gasteiger partial charge in [0, 0.05) is 17.1 Å². The molecule has 1 aliphatic heterocycles. The second-order valence-electron chi connectivity index (χ2n) is 4.47. The molecule has 0 aliphatic carbocycles. The van der Waals surface area contributed by atoms with Gasteiger partial charge in [-0.1, -0.05) is 18.2 Å². The zero-order valence-electron chi connectivity index (χ0n) is 10.8. The third-order valence-electron chi connectivity index (χ3n) is 2.94. The lowest BCUT2D eigenvalue weighted by Gasteiger charge is -2.29. The molecule has 1 N–H and O–H groups in total. The fraction of sp³-hybridized carbons (Fsp3) is 0.286. The summed E-state index contributed by atoms with van der Waals surface area (Å²) in [6.45, 7) is 3.48. The number of amides is 1. The standard InChI is InChI=1S/C14H14ClNO4/c1-9(15)7-16-12-4-3-11(20-8-14(18)19)6-10(12)2-5-13(16)17/h3-4,6H,1-2,5,7-8H2,(H,18,19). The number of aryl methyl sites for hydroxylation is 1. The normalized spacial score (nSPS) is 13.8. The third kappa shape index (κ3) is 3.30. The average molecular weight is 296 g/mol. The fourth-order valence-corrected chi connectivity index (χ4v) is 2.24. The summed E-state index contributed by atoms with van der Waals surface area (Å²) >= 11 is 5.78. The molecule has 0 saturated carbocycles. The lowest BCUT2D eigenvalue weighted by Crippen LogP contribution is -2.35. The van der Waals surface area contributed by atoms with E-state index in [0.717, 1.165) is 11.3 Å². The SMILES string of the molecule is C=C(Cl)CN1C(=O)CCc2cc(OCC(=O)O)ccc21. The number of aliphatic carboxylic acids is 1. The second-order valence-corrected chi connectivity index (χ2v) is 5.00. The first-order valence-corrected chi connectivity index (χ1v) is 6.46. The van der Waals surface area contributed by atoms with Crippen LogP contribution in [0.25, 0.3) is 0 Å². The van der Waals surface area contributed by atoms with Crippen LogP contribution in [0.4, 0.5) is 5.69 Å². The number of fused-ring (bicyclic) bond motifs is 1. The number of rotatable bonds is 5. The summed E-state index contributed by atoms with van der Waals surface area (Å²) in [4.78, 5) is 24.0. The van der Waals surface area contributed by atoms with Crippen molar-refractivity contribution in [2.45, 2.75) is 12.8 Å². The van der Waals surface area contributed by atoms with Crippen molar-refractivity contribution in [1.82, 2.24) is 0 Å². The van der Waals surface area contributed by atoms with Crippen molar-refractivity contribution in [1.29, 1.82) is 0 Å². The van der Waals surface area contributed by atoms with E-state index < -0.39 is 5.97 Å². The Bertz CT molecular complexity index is 570. The van der Waals surface area contributed by atoms with Crippen molar-refractivity contribution in [3.8, 4) is 5.75 Å². The van der Waals surface area contributed by atoms with Crippen LogP contribution < -0.4 is 9.64 Å². The number of nitrogens with zero attached hydrogens (tertiary/aromatic N) is 1. The van der Waals surface area contributed by atoms with Gasteiger partial charge in [0.1, 0.15) is 5.75 Å². The summed E-state index contributed by atoms with van der Waals surface area (Å²) in [6.07, 6.45) is 0.989. The molecule has 1 aliphatic rings. The highest BCUT2D eigenvalue weighted by Gasteiger charge is 2.24. The summed E-state index contributed by atoms with van der Waals surface area (Å²) < 4.78 is 5.13. The number of carboxylic acids is 1. The number of benzene rings is 1. The number of ether oxygens (including phenoxy) is 1. The number of carbonyl (C=O) groups is 2. The van der Waals surface area contributed by atoms with E-state index >= 15 is 0 Å². The summed E-state index contributed by atoms with van der Waals surface area (Å²) in [5.74, 6) is -0.554. The Labute approximate surface area is 121 Å². The molecule has 0 fully saturated rings. The average Bonchev–Trinajstić information content (AvgIpc) is 2.39. The van der Waals surface area contributed by atoms with Gasteiger partial charge in [-0.3, -0.25) is 4.79 Å². The largest absolute Gasteiger partial charge is 0.482 e. The van der Waals surface area contributed by atoms with Crippen LogP contribution in [0.2, 0.25) is 0 Å². The van der Waals surface area contributed by atoms with E-state index in [4.69, 9.17) is 21.4 Å². The zero-order valence-corrected chi connectivity index (χ0v) is 11.5. The lowest BCUT2D eigenvalue weighted by molar-refractivity contribution is -0.139. The van der Waals surface area contributed by atoms with Gasteiger partial charge in [-0.05, 0) is 30.2 Å². The van der Waals surface area contributed by atoms with Crippen molar-refractivity contribution >= 4 is 29.2 Å². The van der Waals surface area contributed by atoms with Crippen LogP contribution in [0.1, 0.15) is 12.0 Å². The molecular formula is C14H14ClNO4. The lowest BCUT2D eigenvalue weighted by atomic mass is 10.0. The molecule has 0 bridgehead atoms. The summed E-state index contributed by atoms with van der Waals surface area (Å²) in [6, 6.07) is 5.14. The molecular weight excluding hydrogens is 282 g/mol. The van der Waals surface area contributed by atoms with Crippen molar-refractivity contribution in [2.24, 2.45) is 0 Å². The minimum absolute atomic E-state index is 0.00138. The topological polar surface area (TPSA) is 66.8 Å². The number of hydrogen-bond donors (Lipinski definition) is 1. The van der Waals surface area contributed by atoms with Crippen molar-refractivity contribution in [3.05, 3.63) is 35.4 Å². The van der Waals surface area contributed by atoms with E-state index in [1.807, 2.05) is 0 Å². The van der Waals surface area contributed by atoms with Crippen molar-refractivity contribution in [2.75, 3.05) is 18.1 Å². The molecule has 1 aromatic carbocycles. The van der Waals surface area contributed by atoms with E-state index in [2.05, 4.69) is 6.58 Å².